The molecule has 1 aromatic carbocycles. The summed E-state index contributed by atoms with van der Waals surface area (Å²) in [7, 11) is 1.60. The van der Waals surface area contributed by atoms with E-state index in [0.29, 0.717) is 30.2 Å². The van der Waals surface area contributed by atoms with Gasteiger partial charge in [-0.25, -0.2) is 4.98 Å². The summed E-state index contributed by atoms with van der Waals surface area (Å²) in [5, 5.41) is 22.4. The molecular weight excluding hydrogens is 481 g/mol. The molecule has 36 heavy (non-hydrogen) atoms. The van der Waals surface area contributed by atoms with Gasteiger partial charge in [0.15, 0.2) is 0 Å². The van der Waals surface area contributed by atoms with Gasteiger partial charge in [-0.3, -0.25) is 9.78 Å². The molecule has 1 aliphatic heterocycles. The number of methoxy groups -OCH3 is 1. The van der Waals surface area contributed by atoms with Crippen molar-refractivity contribution in [3.8, 4) is 5.75 Å². The van der Waals surface area contributed by atoms with E-state index in [2.05, 4.69) is 14.9 Å². The Hall–Kier alpha value is -2.75. The molecule has 3 heterocycles. The molecule has 3 aromatic rings. The molecule has 9 heteroatoms. The van der Waals surface area contributed by atoms with E-state index in [4.69, 9.17) is 4.74 Å². The molecule has 0 spiro atoms. The Balaban J connectivity index is 1.29. The number of thioether (sulfide) groups is 1. The molecule has 0 bridgehead atoms. The fraction of sp³-hybridized carbons (Fsp3) is 0.444. The lowest BCUT2D eigenvalue weighted by Gasteiger charge is -2.37. The molecule has 2 N–H and O–H groups in total. The Bertz CT molecular complexity index is 1180. The number of pyridine rings is 2. The first kappa shape index (κ1) is 26.3. The number of ether oxygens (including phenoxy) is 1. The quantitative estimate of drug-likeness (QED) is 0.215. The van der Waals surface area contributed by atoms with Crippen molar-refractivity contribution in [3.63, 3.8) is 0 Å². The number of aliphatic hydroxyl groups excluding tert-OH is 1. The van der Waals surface area contributed by atoms with Crippen LogP contribution in [0.3, 0.4) is 0 Å². The van der Waals surface area contributed by atoms with Crippen molar-refractivity contribution in [3.05, 3.63) is 60.2 Å². The normalized spacial score (nSPS) is 19.3. The second kappa shape index (κ2) is 12.5. The van der Waals surface area contributed by atoms with Crippen LogP contribution in [0.4, 0.5) is 4.39 Å². The van der Waals surface area contributed by atoms with Gasteiger partial charge in [-0.2, -0.15) is 4.39 Å². The zero-order chi connectivity index (χ0) is 25.5. The molecule has 0 saturated carbocycles. The van der Waals surface area contributed by atoms with E-state index in [1.165, 1.54) is 17.8 Å². The third-order valence-electron chi connectivity index (χ3n) is 6.87. The SMILES string of the molecule is COc1ccc2nccc([C@@H](O)CC[C@@H]3CCN(CCCSc4cccc(F)n4)C[C@@H]3C(=O)O)c2c1. The molecule has 2 aromatic heterocycles. The average molecular weight is 514 g/mol. The summed E-state index contributed by atoms with van der Waals surface area (Å²) in [5.41, 5.74) is 1.57. The van der Waals surface area contributed by atoms with Gasteiger partial charge in [-0.1, -0.05) is 6.07 Å². The number of nitrogens with zero attached hydrogens (tertiary/aromatic N) is 3. The fourth-order valence-electron chi connectivity index (χ4n) is 4.92. The number of rotatable bonds is 11. The highest BCUT2D eigenvalue weighted by molar-refractivity contribution is 7.99. The number of carboxylic acid groups (broad SMARTS) is 1. The minimum Gasteiger partial charge on any atom is -0.497 e. The van der Waals surface area contributed by atoms with Crippen molar-refractivity contribution in [1.82, 2.24) is 14.9 Å². The van der Waals surface area contributed by atoms with Gasteiger partial charge in [0.25, 0.3) is 0 Å². The van der Waals surface area contributed by atoms with Gasteiger partial charge >= 0.3 is 5.97 Å². The van der Waals surface area contributed by atoms with Gasteiger partial charge < -0.3 is 19.8 Å². The molecule has 3 atom stereocenters. The van der Waals surface area contributed by atoms with Gasteiger partial charge in [-0.05, 0) is 86.7 Å². The predicted octanol–water partition coefficient (Wildman–Crippen LogP) is 4.80. The van der Waals surface area contributed by atoms with Crippen LogP contribution in [0, 0.1) is 17.8 Å². The van der Waals surface area contributed by atoms with Crippen LogP contribution in [0.2, 0.25) is 0 Å². The number of likely N-dealkylation sites (tertiary alicyclic amines) is 1. The van der Waals surface area contributed by atoms with Crippen molar-refractivity contribution < 1.29 is 24.1 Å². The maximum absolute atomic E-state index is 13.2. The highest BCUT2D eigenvalue weighted by atomic mass is 32.2. The first-order chi connectivity index (χ1) is 17.4. The summed E-state index contributed by atoms with van der Waals surface area (Å²) in [4.78, 5) is 22.5. The van der Waals surface area contributed by atoms with Crippen LogP contribution in [0.5, 0.6) is 5.75 Å². The van der Waals surface area contributed by atoms with Crippen LogP contribution in [0.1, 0.15) is 37.4 Å². The van der Waals surface area contributed by atoms with Gasteiger partial charge in [0.1, 0.15) is 5.75 Å². The molecule has 192 valence electrons. The Morgan fingerprint density at radius 2 is 2.17 bits per heavy atom. The predicted molar refractivity (Wildman–Crippen MR) is 138 cm³/mol. The number of halogens is 1. The van der Waals surface area contributed by atoms with Crippen molar-refractivity contribution in [2.75, 3.05) is 32.5 Å². The Labute approximate surface area is 214 Å². The van der Waals surface area contributed by atoms with E-state index in [-0.39, 0.29) is 5.92 Å². The lowest BCUT2D eigenvalue weighted by atomic mass is 9.81. The molecule has 0 unspecified atom stereocenters. The highest BCUT2D eigenvalue weighted by Gasteiger charge is 2.34. The minimum atomic E-state index is -0.781. The molecule has 0 aliphatic carbocycles. The Kier molecular flexibility index (Phi) is 9.12. The molecular formula is C27H32FN3O4S. The second-order valence-electron chi connectivity index (χ2n) is 9.17. The van der Waals surface area contributed by atoms with E-state index < -0.39 is 23.9 Å². The van der Waals surface area contributed by atoms with Crippen molar-refractivity contribution >= 4 is 28.6 Å². The molecule has 1 aliphatic rings. The van der Waals surface area contributed by atoms with Gasteiger partial charge in [-0.15, -0.1) is 11.8 Å². The van der Waals surface area contributed by atoms with Gasteiger partial charge in [0, 0.05) is 23.9 Å². The number of carbonyl (C=O) groups is 1. The number of benzene rings is 1. The van der Waals surface area contributed by atoms with Crippen LogP contribution in [-0.4, -0.2) is 63.5 Å². The van der Waals surface area contributed by atoms with Crippen LogP contribution in [0.25, 0.3) is 10.9 Å². The molecule has 7 nitrogen and oxygen atoms in total. The summed E-state index contributed by atoms with van der Waals surface area (Å²) in [6.45, 7) is 2.14. The van der Waals surface area contributed by atoms with Gasteiger partial charge in [0.05, 0.1) is 29.7 Å². The van der Waals surface area contributed by atoms with E-state index in [1.54, 1.807) is 25.4 Å². The van der Waals surface area contributed by atoms with Crippen molar-refractivity contribution in [2.45, 2.75) is 36.8 Å². The van der Waals surface area contributed by atoms with Crippen molar-refractivity contribution in [1.29, 1.82) is 0 Å². The summed E-state index contributed by atoms with van der Waals surface area (Å²) < 4.78 is 18.5. The molecule has 0 radical (unpaired) electrons. The zero-order valence-corrected chi connectivity index (χ0v) is 21.2. The molecule has 1 saturated heterocycles. The Morgan fingerprint density at radius 3 is 2.94 bits per heavy atom. The lowest BCUT2D eigenvalue weighted by Crippen LogP contribution is -2.44. The number of aliphatic carboxylic acids is 1. The van der Waals surface area contributed by atoms with Crippen molar-refractivity contribution in [2.24, 2.45) is 11.8 Å². The van der Waals surface area contributed by atoms with Crippen LogP contribution < -0.4 is 4.74 Å². The van der Waals surface area contributed by atoms with Gasteiger partial charge in [0.2, 0.25) is 5.95 Å². The second-order valence-corrected chi connectivity index (χ2v) is 10.3. The van der Waals surface area contributed by atoms with E-state index in [0.717, 1.165) is 48.2 Å². The monoisotopic (exact) mass is 513 g/mol. The topological polar surface area (TPSA) is 95.8 Å². The maximum Gasteiger partial charge on any atom is 0.308 e. The standard InChI is InChI=1S/C27H32FN3O4S/c1-35-19-7-8-23-21(16-19)20(10-12-29-23)24(32)9-6-18-11-14-31(17-22(18)27(33)34)13-3-15-36-26-5-2-4-25(28)30-26/h2,4-5,7-8,10,12,16,18,22,24,32H,3,6,9,11,13-15,17H2,1H3,(H,33,34)/t18-,22+,24+/m1/s1. The number of fused-ring (bicyclic) bond motifs is 1. The third kappa shape index (κ3) is 6.72. The first-order valence-corrected chi connectivity index (χ1v) is 13.2. The number of aromatic nitrogens is 2. The number of hydrogen-bond acceptors (Lipinski definition) is 7. The molecule has 1 fully saturated rings. The summed E-state index contributed by atoms with van der Waals surface area (Å²) in [6.07, 6.45) is 3.77. The van der Waals surface area contributed by atoms with Crippen LogP contribution >= 0.6 is 11.8 Å². The minimum absolute atomic E-state index is 0.0157. The zero-order valence-electron chi connectivity index (χ0n) is 20.3. The molecule has 0 amide bonds. The number of hydrogen-bond donors (Lipinski definition) is 2. The maximum atomic E-state index is 13.2. The fourth-order valence-corrected chi connectivity index (χ4v) is 5.73. The summed E-state index contributed by atoms with van der Waals surface area (Å²) >= 11 is 1.51. The summed E-state index contributed by atoms with van der Waals surface area (Å²) in [6, 6.07) is 12.2. The largest absolute Gasteiger partial charge is 0.497 e. The van der Waals surface area contributed by atoms with Crippen LogP contribution in [-0.2, 0) is 4.79 Å². The highest BCUT2D eigenvalue weighted by Crippen LogP contribution is 2.34. The number of aliphatic hydroxyl groups is 1. The molecule has 4 rings (SSSR count). The number of piperidine rings is 1. The average Bonchev–Trinajstić information content (AvgIpc) is 2.89. The third-order valence-corrected chi connectivity index (χ3v) is 7.88. The van der Waals surface area contributed by atoms with E-state index >= 15 is 0 Å². The van der Waals surface area contributed by atoms with E-state index in [1.807, 2.05) is 24.3 Å². The van der Waals surface area contributed by atoms with E-state index in [9.17, 15) is 19.4 Å². The lowest BCUT2D eigenvalue weighted by molar-refractivity contribution is -0.146. The van der Waals surface area contributed by atoms with Crippen LogP contribution in [0.15, 0.2) is 53.7 Å². The first-order valence-electron chi connectivity index (χ1n) is 12.3. The summed E-state index contributed by atoms with van der Waals surface area (Å²) in [5.74, 6) is -0.206. The number of carboxylic acids is 1. The Morgan fingerprint density at radius 1 is 1.31 bits per heavy atom. The smallest absolute Gasteiger partial charge is 0.308 e.